The van der Waals surface area contributed by atoms with E-state index in [1.54, 1.807) is 23.9 Å². The highest BCUT2D eigenvalue weighted by Crippen LogP contribution is 2.28. The van der Waals surface area contributed by atoms with Gasteiger partial charge in [0.25, 0.3) is 5.91 Å². The van der Waals surface area contributed by atoms with Crippen LogP contribution in [0.4, 0.5) is 11.5 Å². The summed E-state index contributed by atoms with van der Waals surface area (Å²) in [5.41, 5.74) is 1.55. The van der Waals surface area contributed by atoms with Crippen LogP contribution in [0.3, 0.4) is 0 Å². The molecule has 9 heteroatoms. The summed E-state index contributed by atoms with van der Waals surface area (Å²) >= 11 is 6.12. The molecule has 24 heavy (non-hydrogen) atoms. The molecule has 0 spiro atoms. The van der Waals surface area contributed by atoms with Gasteiger partial charge in [-0.25, -0.2) is 8.42 Å². The van der Waals surface area contributed by atoms with Crippen LogP contribution in [-0.2, 0) is 17.1 Å². The molecule has 1 amide bonds. The minimum Gasteiger partial charge on any atom is -0.305 e. The Balaban J connectivity index is 1.90. The third-order valence-corrected chi connectivity index (χ3v) is 6.14. The van der Waals surface area contributed by atoms with E-state index < -0.39 is 15.9 Å². The fraction of sp³-hybridized carbons (Fsp3) is 0.333. The summed E-state index contributed by atoms with van der Waals surface area (Å²) < 4.78 is 27.0. The lowest BCUT2D eigenvalue weighted by atomic mass is 10.2. The molecule has 2 heterocycles. The Hall–Kier alpha value is -2.06. The van der Waals surface area contributed by atoms with Crippen molar-refractivity contribution in [3.05, 3.63) is 40.5 Å². The van der Waals surface area contributed by atoms with Gasteiger partial charge < -0.3 is 5.32 Å². The van der Waals surface area contributed by atoms with Crippen molar-refractivity contribution >= 4 is 39.0 Å². The quantitative estimate of drug-likeness (QED) is 0.899. The first-order valence-corrected chi connectivity index (χ1v) is 9.38. The maximum atomic E-state index is 12.5. The summed E-state index contributed by atoms with van der Waals surface area (Å²) in [7, 11) is -1.54. The monoisotopic (exact) mass is 368 g/mol. The second kappa shape index (κ2) is 6.10. The number of sulfonamides is 1. The summed E-state index contributed by atoms with van der Waals surface area (Å²) in [6.45, 7) is 2.28. The Morgan fingerprint density at radius 3 is 2.67 bits per heavy atom. The number of nitrogens with zero attached hydrogens (tertiary/aromatic N) is 3. The van der Waals surface area contributed by atoms with Crippen LogP contribution in [0.5, 0.6) is 0 Å². The van der Waals surface area contributed by atoms with Gasteiger partial charge in [0.1, 0.15) is 0 Å². The van der Waals surface area contributed by atoms with E-state index in [4.69, 9.17) is 11.6 Å². The van der Waals surface area contributed by atoms with Crippen LogP contribution in [0.25, 0.3) is 0 Å². The molecule has 1 aliphatic rings. The van der Waals surface area contributed by atoms with Crippen molar-refractivity contribution in [3.8, 4) is 0 Å². The maximum absolute atomic E-state index is 12.5. The first-order chi connectivity index (χ1) is 11.3. The predicted octanol–water partition coefficient (Wildman–Crippen LogP) is 2.17. The molecule has 1 fully saturated rings. The first-order valence-electron chi connectivity index (χ1n) is 7.40. The summed E-state index contributed by atoms with van der Waals surface area (Å²) in [5.74, 6) is 0.0940. The SMILES string of the molecule is Cc1cc(NC(=O)c2cc(N3CCCS3(=O)=O)ccc2Cl)nn1C. The fourth-order valence-corrected chi connectivity index (χ4v) is 4.34. The normalized spacial score (nSPS) is 16.4. The van der Waals surface area contributed by atoms with Crippen LogP contribution >= 0.6 is 11.6 Å². The van der Waals surface area contributed by atoms with Crippen LogP contribution in [-0.4, -0.2) is 36.4 Å². The third-order valence-electron chi connectivity index (χ3n) is 3.94. The highest BCUT2D eigenvalue weighted by atomic mass is 35.5. The zero-order valence-electron chi connectivity index (χ0n) is 13.3. The number of benzene rings is 1. The van der Waals surface area contributed by atoms with Crippen LogP contribution in [0.2, 0.25) is 5.02 Å². The molecule has 0 saturated carbocycles. The molecule has 0 bridgehead atoms. The van der Waals surface area contributed by atoms with Crippen LogP contribution < -0.4 is 9.62 Å². The van der Waals surface area contributed by atoms with E-state index in [-0.39, 0.29) is 16.3 Å². The van der Waals surface area contributed by atoms with Gasteiger partial charge in [0.05, 0.1) is 22.0 Å². The van der Waals surface area contributed by atoms with Gasteiger partial charge in [0.15, 0.2) is 5.82 Å². The van der Waals surface area contributed by atoms with Gasteiger partial charge in [-0.2, -0.15) is 5.10 Å². The number of aromatic nitrogens is 2. The van der Waals surface area contributed by atoms with Crippen molar-refractivity contribution in [3.63, 3.8) is 0 Å². The molecule has 1 aromatic carbocycles. The van der Waals surface area contributed by atoms with Gasteiger partial charge in [-0.05, 0) is 31.5 Å². The number of nitrogens with one attached hydrogen (secondary N) is 1. The molecule has 1 N–H and O–H groups in total. The second-order valence-corrected chi connectivity index (χ2v) is 8.07. The Morgan fingerprint density at radius 2 is 2.08 bits per heavy atom. The lowest BCUT2D eigenvalue weighted by Crippen LogP contribution is -2.25. The minimum atomic E-state index is -3.31. The van der Waals surface area contributed by atoms with Crippen molar-refractivity contribution in [1.82, 2.24) is 9.78 Å². The number of carbonyl (C=O) groups is 1. The van der Waals surface area contributed by atoms with E-state index in [0.717, 1.165) is 5.69 Å². The summed E-state index contributed by atoms with van der Waals surface area (Å²) in [5, 5.41) is 7.09. The number of halogens is 1. The van der Waals surface area contributed by atoms with Crippen molar-refractivity contribution in [2.75, 3.05) is 21.9 Å². The zero-order valence-corrected chi connectivity index (χ0v) is 14.9. The van der Waals surface area contributed by atoms with Gasteiger partial charge in [-0.3, -0.25) is 13.8 Å². The van der Waals surface area contributed by atoms with E-state index in [1.807, 2.05) is 6.92 Å². The van der Waals surface area contributed by atoms with Gasteiger partial charge in [-0.1, -0.05) is 11.6 Å². The molecule has 0 atom stereocenters. The van der Waals surface area contributed by atoms with Crippen LogP contribution in [0.15, 0.2) is 24.3 Å². The van der Waals surface area contributed by atoms with Crippen LogP contribution in [0.1, 0.15) is 22.5 Å². The van der Waals surface area contributed by atoms with Crippen molar-refractivity contribution in [1.29, 1.82) is 0 Å². The Kier molecular flexibility index (Phi) is 4.27. The number of aryl methyl sites for hydroxylation is 2. The number of amides is 1. The van der Waals surface area contributed by atoms with E-state index in [1.165, 1.54) is 16.4 Å². The van der Waals surface area contributed by atoms with Crippen molar-refractivity contribution < 1.29 is 13.2 Å². The lowest BCUT2D eigenvalue weighted by Gasteiger charge is -2.18. The second-order valence-electron chi connectivity index (χ2n) is 5.65. The predicted molar refractivity (Wildman–Crippen MR) is 93.1 cm³/mol. The third kappa shape index (κ3) is 3.11. The number of hydrogen-bond acceptors (Lipinski definition) is 4. The molecule has 0 radical (unpaired) electrons. The van der Waals surface area contributed by atoms with E-state index in [9.17, 15) is 13.2 Å². The lowest BCUT2D eigenvalue weighted by molar-refractivity contribution is 0.102. The molecule has 2 aromatic rings. The Bertz CT molecular complexity index is 888. The zero-order chi connectivity index (χ0) is 17.5. The number of anilines is 2. The molecule has 128 valence electrons. The van der Waals surface area contributed by atoms with E-state index >= 15 is 0 Å². The average Bonchev–Trinajstić information content (AvgIpc) is 3.01. The summed E-state index contributed by atoms with van der Waals surface area (Å²) in [4.78, 5) is 12.5. The highest BCUT2D eigenvalue weighted by Gasteiger charge is 2.29. The summed E-state index contributed by atoms with van der Waals surface area (Å²) in [6.07, 6.45) is 0.569. The van der Waals surface area contributed by atoms with Crippen molar-refractivity contribution in [2.24, 2.45) is 7.05 Å². The van der Waals surface area contributed by atoms with Gasteiger partial charge in [0, 0.05) is 25.4 Å². The largest absolute Gasteiger partial charge is 0.305 e. The average molecular weight is 369 g/mol. The number of carbonyl (C=O) groups excluding carboxylic acids is 1. The van der Waals surface area contributed by atoms with Crippen molar-refractivity contribution in [2.45, 2.75) is 13.3 Å². The molecule has 7 nitrogen and oxygen atoms in total. The minimum absolute atomic E-state index is 0.115. The Morgan fingerprint density at radius 1 is 1.33 bits per heavy atom. The highest BCUT2D eigenvalue weighted by molar-refractivity contribution is 7.93. The maximum Gasteiger partial charge on any atom is 0.258 e. The van der Waals surface area contributed by atoms with E-state index in [0.29, 0.717) is 24.5 Å². The molecule has 3 rings (SSSR count). The molecule has 1 aromatic heterocycles. The van der Waals surface area contributed by atoms with Crippen LogP contribution in [0, 0.1) is 6.92 Å². The van der Waals surface area contributed by atoms with Gasteiger partial charge in [0.2, 0.25) is 10.0 Å². The topological polar surface area (TPSA) is 84.3 Å². The number of hydrogen-bond donors (Lipinski definition) is 1. The van der Waals surface area contributed by atoms with Gasteiger partial charge >= 0.3 is 0 Å². The molecule has 1 aliphatic heterocycles. The Labute approximate surface area is 145 Å². The van der Waals surface area contributed by atoms with Gasteiger partial charge in [-0.15, -0.1) is 0 Å². The molecule has 0 aliphatic carbocycles. The molecule has 0 unspecified atom stereocenters. The smallest absolute Gasteiger partial charge is 0.258 e. The summed E-state index contributed by atoms with van der Waals surface area (Å²) in [6, 6.07) is 6.37. The number of rotatable bonds is 3. The standard InChI is InChI=1S/C15H17ClN4O3S/c1-10-8-14(18-19(10)2)17-15(21)12-9-11(4-5-13(12)16)20-6-3-7-24(20,22)23/h4-5,8-9H,3,6-7H2,1-2H3,(H,17,18,21). The molecule has 1 saturated heterocycles. The van der Waals surface area contributed by atoms with E-state index in [2.05, 4.69) is 10.4 Å². The fourth-order valence-electron chi connectivity index (χ4n) is 2.58. The molecular formula is C15H17ClN4O3S. The molecular weight excluding hydrogens is 352 g/mol. The first kappa shape index (κ1) is 16.8.